The van der Waals surface area contributed by atoms with Gasteiger partial charge in [-0.05, 0) is 42.5 Å². The first-order valence-corrected chi connectivity index (χ1v) is 10.9. The van der Waals surface area contributed by atoms with Crippen LogP contribution in [-0.2, 0) is 6.42 Å². The molecule has 0 unspecified atom stereocenters. The number of ketones is 1. The SMILES string of the molecule is COc1ccc(-c2c(C)nn3c4c(cnc23)C(=O)C[C@H](/C=C/c2ccccc2)C4)cc1OC. The highest BCUT2D eigenvalue weighted by Crippen LogP contribution is 2.36. The molecule has 0 N–H and O–H groups in total. The molecule has 2 aromatic carbocycles. The van der Waals surface area contributed by atoms with Crippen LogP contribution in [0, 0.1) is 12.8 Å². The smallest absolute Gasteiger partial charge is 0.166 e. The number of fused-ring (bicyclic) bond motifs is 3. The molecule has 0 amide bonds. The maximum Gasteiger partial charge on any atom is 0.166 e. The Balaban J connectivity index is 1.56. The number of nitrogens with zero attached hydrogens (tertiary/aromatic N) is 3. The Bertz CT molecular complexity index is 1370. The Kier molecular flexibility index (Phi) is 5.42. The average molecular weight is 440 g/mol. The third kappa shape index (κ3) is 3.78. The number of aryl methyl sites for hydroxylation is 1. The minimum Gasteiger partial charge on any atom is -0.493 e. The Morgan fingerprint density at radius 2 is 1.82 bits per heavy atom. The van der Waals surface area contributed by atoms with Crippen molar-refractivity contribution in [3.63, 3.8) is 0 Å². The van der Waals surface area contributed by atoms with Crippen LogP contribution in [0.4, 0.5) is 0 Å². The van der Waals surface area contributed by atoms with E-state index < -0.39 is 0 Å². The van der Waals surface area contributed by atoms with Gasteiger partial charge < -0.3 is 9.47 Å². The molecule has 0 spiro atoms. The second kappa shape index (κ2) is 8.54. The number of rotatable bonds is 5. The number of hydrogen-bond donors (Lipinski definition) is 0. The molecule has 0 aliphatic heterocycles. The first-order chi connectivity index (χ1) is 16.1. The lowest BCUT2D eigenvalue weighted by Gasteiger charge is -2.21. The summed E-state index contributed by atoms with van der Waals surface area (Å²) in [7, 11) is 3.24. The van der Waals surface area contributed by atoms with Crippen molar-refractivity contribution in [3.05, 3.63) is 83.3 Å². The van der Waals surface area contributed by atoms with Crippen LogP contribution < -0.4 is 9.47 Å². The van der Waals surface area contributed by atoms with Gasteiger partial charge in [-0.15, -0.1) is 0 Å². The Hall–Kier alpha value is -3.93. The minimum absolute atomic E-state index is 0.106. The van der Waals surface area contributed by atoms with E-state index in [1.54, 1.807) is 20.4 Å². The molecule has 33 heavy (non-hydrogen) atoms. The summed E-state index contributed by atoms with van der Waals surface area (Å²) in [5.74, 6) is 1.53. The van der Waals surface area contributed by atoms with Crippen LogP contribution in [-0.4, -0.2) is 34.6 Å². The Morgan fingerprint density at radius 1 is 1.03 bits per heavy atom. The van der Waals surface area contributed by atoms with Crippen LogP contribution in [0.1, 0.15) is 33.7 Å². The number of allylic oxidation sites excluding steroid dienone is 1. The fourth-order valence-corrected chi connectivity index (χ4v) is 4.51. The Morgan fingerprint density at radius 3 is 2.58 bits per heavy atom. The van der Waals surface area contributed by atoms with Crippen molar-refractivity contribution >= 4 is 17.5 Å². The van der Waals surface area contributed by atoms with E-state index in [4.69, 9.17) is 14.6 Å². The molecule has 5 rings (SSSR count). The number of carbonyl (C=O) groups is 1. The molecule has 0 saturated carbocycles. The molecule has 6 heteroatoms. The van der Waals surface area contributed by atoms with Gasteiger partial charge in [0.25, 0.3) is 0 Å². The van der Waals surface area contributed by atoms with E-state index in [1.165, 1.54) is 0 Å². The topological polar surface area (TPSA) is 65.7 Å². The number of aromatic nitrogens is 3. The second-order valence-electron chi connectivity index (χ2n) is 8.25. The van der Waals surface area contributed by atoms with E-state index in [0.29, 0.717) is 23.5 Å². The highest BCUT2D eigenvalue weighted by atomic mass is 16.5. The van der Waals surface area contributed by atoms with Crippen LogP contribution in [0.15, 0.2) is 60.8 Å². The summed E-state index contributed by atoms with van der Waals surface area (Å²) in [6, 6.07) is 15.9. The maximum atomic E-state index is 12.9. The van der Waals surface area contributed by atoms with Gasteiger partial charge in [0.1, 0.15) is 0 Å². The molecule has 0 bridgehead atoms. The van der Waals surface area contributed by atoms with Gasteiger partial charge in [0, 0.05) is 18.2 Å². The van der Waals surface area contributed by atoms with E-state index in [9.17, 15) is 4.79 Å². The number of benzene rings is 2. The summed E-state index contributed by atoms with van der Waals surface area (Å²) in [5.41, 5.74) is 6.14. The van der Waals surface area contributed by atoms with Gasteiger partial charge >= 0.3 is 0 Å². The molecule has 1 aliphatic carbocycles. The third-order valence-corrected chi connectivity index (χ3v) is 6.15. The van der Waals surface area contributed by atoms with Gasteiger partial charge in [0.2, 0.25) is 0 Å². The summed E-state index contributed by atoms with van der Waals surface area (Å²) in [4.78, 5) is 17.6. The zero-order valence-electron chi connectivity index (χ0n) is 18.9. The Labute approximate surface area is 192 Å². The molecule has 1 aliphatic rings. The molecule has 2 heterocycles. The van der Waals surface area contributed by atoms with Gasteiger partial charge in [-0.25, -0.2) is 9.50 Å². The van der Waals surface area contributed by atoms with E-state index in [1.807, 2.05) is 47.8 Å². The van der Waals surface area contributed by atoms with Crippen molar-refractivity contribution in [1.29, 1.82) is 0 Å². The summed E-state index contributed by atoms with van der Waals surface area (Å²) in [5, 5.41) is 4.79. The van der Waals surface area contributed by atoms with Crippen LogP contribution >= 0.6 is 0 Å². The van der Waals surface area contributed by atoms with Crippen molar-refractivity contribution < 1.29 is 14.3 Å². The van der Waals surface area contributed by atoms with Crippen molar-refractivity contribution in [1.82, 2.24) is 14.6 Å². The lowest BCUT2D eigenvalue weighted by molar-refractivity contribution is 0.0957. The lowest BCUT2D eigenvalue weighted by Crippen LogP contribution is -2.22. The zero-order valence-corrected chi connectivity index (χ0v) is 18.9. The van der Waals surface area contributed by atoms with E-state index in [-0.39, 0.29) is 11.7 Å². The highest BCUT2D eigenvalue weighted by molar-refractivity contribution is 5.99. The molecule has 0 saturated heterocycles. The second-order valence-corrected chi connectivity index (χ2v) is 8.25. The molecule has 1 atom stereocenters. The number of methoxy groups -OCH3 is 2. The normalized spacial score (nSPS) is 15.7. The molecule has 2 aromatic heterocycles. The molecular formula is C27H25N3O3. The van der Waals surface area contributed by atoms with Gasteiger partial charge in [0.15, 0.2) is 22.9 Å². The zero-order chi connectivity index (χ0) is 22.9. The number of carbonyl (C=O) groups excluding carboxylic acids is 1. The number of hydrogen-bond acceptors (Lipinski definition) is 5. The summed E-state index contributed by atoms with van der Waals surface area (Å²) in [6.07, 6.45) is 7.14. The monoisotopic (exact) mass is 439 g/mol. The molecule has 6 nitrogen and oxygen atoms in total. The fraction of sp³-hybridized carbons (Fsp3) is 0.222. The van der Waals surface area contributed by atoms with Crippen molar-refractivity contribution in [2.24, 2.45) is 5.92 Å². The van der Waals surface area contributed by atoms with Gasteiger partial charge in [-0.1, -0.05) is 48.6 Å². The van der Waals surface area contributed by atoms with E-state index in [0.717, 1.165) is 40.1 Å². The fourth-order valence-electron chi connectivity index (χ4n) is 4.51. The average Bonchev–Trinajstić information content (AvgIpc) is 3.19. The molecule has 0 radical (unpaired) electrons. The highest BCUT2D eigenvalue weighted by Gasteiger charge is 2.28. The van der Waals surface area contributed by atoms with Gasteiger partial charge in [-0.2, -0.15) is 5.10 Å². The van der Waals surface area contributed by atoms with Gasteiger partial charge in [-0.3, -0.25) is 4.79 Å². The lowest BCUT2D eigenvalue weighted by atomic mass is 9.86. The molecule has 166 valence electrons. The first-order valence-electron chi connectivity index (χ1n) is 10.9. The predicted molar refractivity (Wildman–Crippen MR) is 128 cm³/mol. The molecular weight excluding hydrogens is 414 g/mol. The molecule has 4 aromatic rings. The summed E-state index contributed by atoms with van der Waals surface area (Å²) in [6.45, 7) is 1.96. The van der Waals surface area contributed by atoms with Crippen molar-refractivity contribution in [3.8, 4) is 22.6 Å². The standard InChI is InChI=1S/C27H25N3O3/c1-17-26(20-11-12-24(32-2)25(15-20)33-3)27-28-16-21-22(30(27)29-17)13-19(14-23(21)31)10-9-18-7-5-4-6-8-18/h4-12,15-16,19H,13-14H2,1-3H3/b10-9+/t19-/m1/s1. The summed E-state index contributed by atoms with van der Waals surface area (Å²) < 4.78 is 12.7. The number of ether oxygens (including phenoxy) is 2. The largest absolute Gasteiger partial charge is 0.493 e. The maximum absolute atomic E-state index is 12.9. The van der Waals surface area contributed by atoms with Crippen molar-refractivity contribution in [2.45, 2.75) is 19.8 Å². The first kappa shape index (κ1) is 20.9. The summed E-state index contributed by atoms with van der Waals surface area (Å²) >= 11 is 0. The number of Topliss-reactive ketones (excluding diaryl/α,β-unsaturated/α-hetero) is 1. The van der Waals surface area contributed by atoms with Crippen LogP contribution in [0.2, 0.25) is 0 Å². The van der Waals surface area contributed by atoms with Crippen LogP contribution in [0.5, 0.6) is 11.5 Å². The quantitative estimate of drug-likeness (QED) is 0.429. The predicted octanol–water partition coefficient (Wildman–Crippen LogP) is 5.18. The van der Waals surface area contributed by atoms with Crippen LogP contribution in [0.25, 0.3) is 22.9 Å². The molecule has 0 fully saturated rings. The van der Waals surface area contributed by atoms with Crippen molar-refractivity contribution in [2.75, 3.05) is 14.2 Å². The minimum atomic E-state index is 0.106. The third-order valence-electron chi connectivity index (χ3n) is 6.15. The van der Waals surface area contributed by atoms with Gasteiger partial charge in [0.05, 0.1) is 31.2 Å². The van der Waals surface area contributed by atoms with Crippen LogP contribution in [0.3, 0.4) is 0 Å². The van der Waals surface area contributed by atoms with E-state index >= 15 is 0 Å². The van der Waals surface area contributed by atoms with E-state index in [2.05, 4.69) is 29.3 Å².